The van der Waals surface area contributed by atoms with Crippen LogP contribution >= 0.6 is 0 Å². The smallest absolute Gasteiger partial charge is 0.0917 e. The van der Waals surface area contributed by atoms with Crippen molar-refractivity contribution in [1.29, 1.82) is 0 Å². The maximum absolute atomic E-state index is 10.5. The summed E-state index contributed by atoms with van der Waals surface area (Å²) < 4.78 is 0. The Hall–Kier alpha value is -0.900. The first-order chi connectivity index (χ1) is 10.4. The third-order valence-electron chi connectivity index (χ3n) is 4.78. The molecule has 1 aromatic rings. The Balaban J connectivity index is 2.00. The summed E-state index contributed by atoms with van der Waals surface area (Å²) in [6, 6.07) is 8.77. The molecule has 2 N–H and O–H groups in total. The number of hydrogen-bond donors (Lipinski definition) is 2. The van der Waals surface area contributed by atoms with Gasteiger partial charge in [0.05, 0.1) is 6.10 Å². The topological polar surface area (TPSA) is 43.7 Å². The minimum absolute atomic E-state index is 0.141. The molecule has 0 saturated carbocycles. The predicted molar refractivity (Wildman–Crippen MR) is 91.0 cm³/mol. The fraction of sp³-hybridized carbons (Fsp3) is 0.684. The molecule has 0 aromatic heterocycles. The van der Waals surface area contributed by atoms with Gasteiger partial charge in [0.25, 0.3) is 0 Å². The fourth-order valence-electron chi connectivity index (χ4n) is 3.31. The van der Waals surface area contributed by atoms with E-state index >= 15 is 0 Å². The number of β-amino-alcohol motifs (C(OH)–C–C–N with tert-alkyl or cyclic N) is 1. The van der Waals surface area contributed by atoms with Gasteiger partial charge in [-0.15, -0.1) is 0 Å². The summed E-state index contributed by atoms with van der Waals surface area (Å²) in [5.41, 5.74) is 2.42. The van der Waals surface area contributed by atoms with E-state index in [4.69, 9.17) is 0 Å². The molecule has 1 saturated heterocycles. The van der Waals surface area contributed by atoms with Crippen LogP contribution in [0.3, 0.4) is 0 Å². The molecule has 1 fully saturated rings. The molecule has 22 heavy (non-hydrogen) atoms. The van der Waals surface area contributed by atoms with E-state index in [1.54, 1.807) is 0 Å². The Labute approximate surface area is 135 Å². The van der Waals surface area contributed by atoms with Crippen LogP contribution in [0.2, 0.25) is 0 Å². The van der Waals surface area contributed by atoms with Gasteiger partial charge in [-0.05, 0) is 42.3 Å². The van der Waals surface area contributed by atoms with Crippen LogP contribution in [0.4, 0.5) is 0 Å². The predicted octanol–water partition coefficient (Wildman–Crippen LogP) is 3.25. The van der Waals surface area contributed by atoms with E-state index in [9.17, 15) is 10.2 Å². The van der Waals surface area contributed by atoms with E-state index in [0.717, 1.165) is 24.9 Å². The van der Waals surface area contributed by atoms with E-state index < -0.39 is 6.10 Å². The number of benzene rings is 1. The van der Waals surface area contributed by atoms with Gasteiger partial charge in [0.2, 0.25) is 0 Å². The van der Waals surface area contributed by atoms with Gasteiger partial charge in [-0.1, -0.05) is 51.5 Å². The summed E-state index contributed by atoms with van der Waals surface area (Å²) in [4.78, 5) is 2.35. The number of rotatable bonds is 5. The van der Waals surface area contributed by atoms with Crippen molar-refractivity contribution >= 4 is 0 Å². The van der Waals surface area contributed by atoms with E-state index in [2.05, 4.69) is 49.9 Å². The van der Waals surface area contributed by atoms with E-state index in [-0.39, 0.29) is 12.0 Å². The normalized spacial score (nSPS) is 21.8. The van der Waals surface area contributed by atoms with Crippen molar-refractivity contribution in [3.63, 3.8) is 0 Å². The monoisotopic (exact) mass is 305 g/mol. The molecule has 3 heteroatoms. The lowest BCUT2D eigenvalue weighted by atomic mass is 9.86. The Morgan fingerprint density at radius 1 is 1.18 bits per heavy atom. The summed E-state index contributed by atoms with van der Waals surface area (Å²) in [6.45, 7) is 8.53. The molecule has 1 aliphatic heterocycles. The largest absolute Gasteiger partial charge is 0.396 e. The third-order valence-corrected chi connectivity index (χ3v) is 4.78. The third kappa shape index (κ3) is 4.55. The Morgan fingerprint density at radius 2 is 1.86 bits per heavy atom. The van der Waals surface area contributed by atoms with Gasteiger partial charge in [-0.25, -0.2) is 0 Å². The summed E-state index contributed by atoms with van der Waals surface area (Å²) in [5.74, 6) is 0. The molecular weight excluding hydrogens is 274 g/mol. The molecule has 1 heterocycles. The Bertz CT molecular complexity index is 447. The van der Waals surface area contributed by atoms with Gasteiger partial charge < -0.3 is 10.2 Å². The van der Waals surface area contributed by atoms with Gasteiger partial charge in [0.15, 0.2) is 0 Å². The molecule has 0 aliphatic carbocycles. The first kappa shape index (κ1) is 17.5. The highest BCUT2D eigenvalue weighted by Gasteiger charge is 2.24. The standard InChI is InChI=1S/C19H31NO2/c1-19(2,3)16-9-7-15(8-10-16)18(22)14-20-12-5-4-6-17(20)11-13-21/h7-10,17-18,21-22H,4-6,11-14H2,1-3H3. The van der Waals surface area contributed by atoms with Crippen molar-refractivity contribution in [3.8, 4) is 0 Å². The van der Waals surface area contributed by atoms with Crippen LogP contribution in [0, 0.1) is 0 Å². The van der Waals surface area contributed by atoms with E-state index in [1.165, 1.54) is 18.4 Å². The van der Waals surface area contributed by atoms with Crippen LogP contribution in [0.5, 0.6) is 0 Å². The maximum Gasteiger partial charge on any atom is 0.0917 e. The van der Waals surface area contributed by atoms with Crippen LogP contribution in [-0.2, 0) is 5.41 Å². The second-order valence-corrected chi connectivity index (χ2v) is 7.54. The zero-order valence-corrected chi connectivity index (χ0v) is 14.3. The molecule has 0 amide bonds. The second kappa shape index (κ2) is 7.58. The van der Waals surface area contributed by atoms with Crippen molar-refractivity contribution in [2.75, 3.05) is 19.7 Å². The average molecular weight is 305 g/mol. The molecule has 2 unspecified atom stereocenters. The zero-order valence-electron chi connectivity index (χ0n) is 14.3. The minimum atomic E-state index is -0.451. The molecule has 124 valence electrons. The lowest BCUT2D eigenvalue weighted by molar-refractivity contribution is 0.0565. The number of likely N-dealkylation sites (tertiary alicyclic amines) is 1. The second-order valence-electron chi connectivity index (χ2n) is 7.54. The number of hydrogen-bond acceptors (Lipinski definition) is 3. The first-order valence-electron chi connectivity index (χ1n) is 8.55. The first-order valence-corrected chi connectivity index (χ1v) is 8.55. The molecule has 1 aromatic carbocycles. The molecule has 0 radical (unpaired) electrons. The van der Waals surface area contributed by atoms with Gasteiger partial charge in [0.1, 0.15) is 0 Å². The fourth-order valence-corrected chi connectivity index (χ4v) is 3.31. The Kier molecular flexibility index (Phi) is 6.01. The lowest BCUT2D eigenvalue weighted by Gasteiger charge is -2.36. The highest BCUT2D eigenvalue weighted by atomic mass is 16.3. The van der Waals surface area contributed by atoms with Crippen molar-refractivity contribution in [2.24, 2.45) is 0 Å². The molecule has 1 aliphatic rings. The summed E-state index contributed by atoms with van der Waals surface area (Å²) in [6.07, 6.45) is 3.93. The van der Waals surface area contributed by atoms with Gasteiger partial charge in [-0.3, -0.25) is 4.90 Å². The van der Waals surface area contributed by atoms with Gasteiger partial charge >= 0.3 is 0 Å². The number of aliphatic hydroxyl groups excluding tert-OH is 2. The highest BCUT2D eigenvalue weighted by Crippen LogP contribution is 2.26. The number of nitrogens with zero attached hydrogens (tertiary/aromatic N) is 1. The molecule has 3 nitrogen and oxygen atoms in total. The lowest BCUT2D eigenvalue weighted by Crippen LogP contribution is -2.42. The SMILES string of the molecule is CC(C)(C)c1ccc(C(O)CN2CCCCC2CCO)cc1. The van der Waals surface area contributed by atoms with E-state index in [0.29, 0.717) is 12.6 Å². The van der Waals surface area contributed by atoms with Crippen molar-refractivity contribution < 1.29 is 10.2 Å². The average Bonchev–Trinajstić information content (AvgIpc) is 2.49. The van der Waals surface area contributed by atoms with Gasteiger partial charge in [0, 0.05) is 19.2 Å². The van der Waals surface area contributed by atoms with Crippen LogP contribution < -0.4 is 0 Å². The van der Waals surface area contributed by atoms with Gasteiger partial charge in [-0.2, -0.15) is 0 Å². The minimum Gasteiger partial charge on any atom is -0.396 e. The number of aliphatic hydroxyl groups is 2. The highest BCUT2D eigenvalue weighted by molar-refractivity contribution is 5.28. The molecule has 0 bridgehead atoms. The molecule has 2 rings (SSSR count). The van der Waals surface area contributed by atoms with Crippen molar-refractivity contribution in [3.05, 3.63) is 35.4 Å². The summed E-state index contributed by atoms with van der Waals surface area (Å²) in [7, 11) is 0. The summed E-state index contributed by atoms with van der Waals surface area (Å²) in [5, 5.41) is 19.8. The molecular formula is C19H31NO2. The van der Waals surface area contributed by atoms with Crippen LogP contribution in [0.25, 0.3) is 0 Å². The zero-order chi connectivity index (χ0) is 16.2. The Morgan fingerprint density at radius 3 is 2.45 bits per heavy atom. The van der Waals surface area contributed by atoms with Crippen LogP contribution in [-0.4, -0.2) is 40.9 Å². The number of piperidine rings is 1. The molecule has 2 atom stereocenters. The van der Waals surface area contributed by atoms with Crippen molar-refractivity contribution in [1.82, 2.24) is 4.90 Å². The van der Waals surface area contributed by atoms with E-state index in [1.807, 2.05) is 0 Å². The maximum atomic E-state index is 10.5. The van der Waals surface area contributed by atoms with Crippen LogP contribution in [0.15, 0.2) is 24.3 Å². The summed E-state index contributed by atoms with van der Waals surface area (Å²) >= 11 is 0. The molecule has 0 spiro atoms. The quantitative estimate of drug-likeness (QED) is 0.877. The van der Waals surface area contributed by atoms with Crippen molar-refractivity contribution in [2.45, 2.75) is 64.0 Å². The van der Waals surface area contributed by atoms with Crippen LogP contribution in [0.1, 0.15) is 63.7 Å².